The third kappa shape index (κ3) is 3.19. The van der Waals surface area contributed by atoms with Crippen molar-refractivity contribution in [3.63, 3.8) is 0 Å². The van der Waals surface area contributed by atoms with E-state index in [4.69, 9.17) is 0 Å². The molecule has 0 saturated heterocycles. The molecule has 1 N–H and O–H groups in total. The van der Waals surface area contributed by atoms with Crippen molar-refractivity contribution in [2.75, 3.05) is 0 Å². The predicted octanol–water partition coefficient (Wildman–Crippen LogP) is 6.04. The third-order valence-corrected chi connectivity index (χ3v) is 5.34. The van der Waals surface area contributed by atoms with Gasteiger partial charge in [0.05, 0.1) is 0 Å². The Morgan fingerprint density at radius 1 is 0.560 bits per heavy atom. The van der Waals surface area contributed by atoms with E-state index in [-0.39, 0.29) is 10.8 Å². The summed E-state index contributed by atoms with van der Waals surface area (Å²) in [6.07, 6.45) is 0. The molecule has 0 spiro atoms. The van der Waals surface area contributed by atoms with Crippen LogP contribution < -0.4 is 0 Å². The fourth-order valence-electron chi connectivity index (χ4n) is 3.61. The number of phenols is 1. The van der Waals surface area contributed by atoms with E-state index in [1.165, 1.54) is 16.7 Å². The maximum Gasteiger partial charge on any atom is 0.115 e. The van der Waals surface area contributed by atoms with E-state index >= 15 is 0 Å². The maximum atomic E-state index is 10.2. The first-order chi connectivity index (χ1) is 11.8. The zero-order valence-electron chi connectivity index (χ0n) is 15.5. The molecule has 0 atom stereocenters. The average molecular weight is 330 g/mol. The number of hydrogen-bond donors (Lipinski definition) is 1. The van der Waals surface area contributed by atoms with Crippen LogP contribution in [0.3, 0.4) is 0 Å². The lowest BCUT2D eigenvalue weighted by atomic mass is 9.68. The van der Waals surface area contributed by atoms with Gasteiger partial charge in [0.25, 0.3) is 0 Å². The van der Waals surface area contributed by atoms with Crippen molar-refractivity contribution >= 4 is 0 Å². The molecule has 0 aliphatic carbocycles. The molecule has 0 heterocycles. The lowest BCUT2D eigenvalue weighted by molar-refractivity contribution is 0.470. The van der Waals surface area contributed by atoms with E-state index < -0.39 is 0 Å². The van der Waals surface area contributed by atoms with Crippen LogP contribution in [0.2, 0.25) is 0 Å². The van der Waals surface area contributed by atoms with Crippen molar-refractivity contribution in [2.45, 2.75) is 38.5 Å². The van der Waals surface area contributed by atoms with Gasteiger partial charge in [0.2, 0.25) is 0 Å². The summed E-state index contributed by atoms with van der Waals surface area (Å²) in [5.41, 5.74) is 4.55. The smallest absolute Gasteiger partial charge is 0.115 e. The number of benzene rings is 3. The highest BCUT2D eigenvalue weighted by Gasteiger charge is 2.33. The van der Waals surface area contributed by atoms with Crippen molar-refractivity contribution < 1.29 is 5.11 Å². The van der Waals surface area contributed by atoms with Gasteiger partial charge in [-0.05, 0) is 34.4 Å². The van der Waals surface area contributed by atoms with Gasteiger partial charge in [-0.3, -0.25) is 0 Å². The summed E-state index contributed by atoms with van der Waals surface area (Å²) in [5, 5.41) is 10.2. The van der Waals surface area contributed by atoms with E-state index in [1.807, 2.05) is 18.2 Å². The molecule has 0 radical (unpaired) electrons. The monoisotopic (exact) mass is 330 g/mol. The van der Waals surface area contributed by atoms with Gasteiger partial charge < -0.3 is 5.11 Å². The van der Waals surface area contributed by atoms with Gasteiger partial charge in [0, 0.05) is 10.8 Å². The fourth-order valence-corrected chi connectivity index (χ4v) is 3.61. The lowest BCUT2D eigenvalue weighted by Crippen LogP contribution is -2.28. The van der Waals surface area contributed by atoms with E-state index in [9.17, 15) is 5.11 Å². The Labute approximate surface area is 151 Å². The Kier molecular flexibility index (Phi) is 4.43. The first-order valence-corrected chi connectivity index (χ1v) is 8.78. The zero-order chi connectivity index (χ0) is 18.1. The van der Waals surface area contributed by atoms with Gasteiger partial charge in [-0.1, -0.05) is 94.4 Å². The van der Waals surface area contributed by atoms with E-state index in [0.29, 0.717) is 5.75 Å². The molecule has 0 aliphatic rings. The molecule has 0 saturated carbocycles. The van der Waals surface area contributed by atoms with Crippen LogP contribution in [0.5, 0.6) is 5.75 Å². The van der Waals surface area contributed by atoms with Crippen molar-refractivity contribution in [3.8, 4) is 5.75 Å². The molecule has 25 heavy (non-hydrogen) atoms. The normalized spacial score (nSPS) is 12.2. The summed E-state index contributed by atoms with van der Waals surface area (Å²) in [7, 11) is 0. The molecule has 3 aromatic carbocycles. The minimum absolute atomic E-state index is 0.156. The summed E-state index contributed by atoms with van der Waals surface area (Å²) < 4.78 is 0. The second-order valence-corrected chi connectivity index (χ2v) is 7.71. The largest absolute Gasteiger partial charge is 0.508 e. The Balaban J connectivity index is 2.20. The highest BCUT2D eigenvalue weighted by molar-refractivity contribution is 5.51. The van der Waals surface area contributed by atoms with Crippen LogP contribution in [0.25, 0.3) is 0 Å². The van der Waals surface area contributed by atoms with Gasteiger partial charge in [0.15, 0.2) is 0 Å². The number of aromatic hydroxyl groups is 1. The Bertz CT molecular complexity index is 846. The first kappa shape index (κ1) is 17.3. The van der Waals surface area contributed by atoms with Gasteiger partial charge in [-0.25, -0.2) is 0 Å². The molecule has 128 valence electrons. The molecular weight excluding hydrogens is 304 g/mol. The van der Waals surface area contributed by atoms with E-state index in [0.717, 1.165) is 5.56 Å². The maximum absolute atomic E-state index is 10.2. The van der Waals surface area contributed by atoms with Crippen molar-refractivity contribution in [1.82, 2.24) is 0 Å². The standard InChI is InChI=1S/C24H26O/c1-23(2,18-11-7-5-8-12-18)21-16-15-20(25)17-22(21)24(3,4)19-13-9-6-10-14-19/h5-17,25H,1-4H3. The molecule has 0 aromatic heterocycles. The highest BCUT2D eigenvalue weighted by atomic mass is 16.3. The lowest BCUT2D eigenvalue weighted by Gasteiger charge is -2.35. The van der Waals surface area contributed by atoms with Gasteiger partial charge in [0.1, 0.15) is 5.75 Å². The summed E-state index contributed by atoms with van der Waals surface area (Å²) in [6, 6.07) is 26.8. The SMILES string of the molecule is CC(C)(c1ccccc1)c1ccc(O)cc1C(C)(C)c1ccccc1. The van der Waals surface area contributed by atoms with Crippen molar-refractivity contribution in [1.29, 1.82) is 0 Å². The van der Waals surface area contributed by atoms with Gasteiger partial charge in [-0.2, -0.15) is 0 Å². The van der Waals surface area contributed by atoms with Crippen LogP contribution in [0.4, 0.5) is 0 Å². The van der Waals surface area contributed by atoms with Crippen LogP contribution >= 0.6 is 0 Å². The topological polar surface area (TPSA) is 20.2 Å². The van der Waals surface area contributed by atoms with Crippen LogP contribution in [0.15, 0.2) is 78.9 Å². The molecule has 0 amide bonds. The predicted molar refractivity (Wildman–Crippen MR) is 105 cm³/mol. The number of hydrogen-bond acceptors (Lipinski definition) is 1. The molecule has 3 rings (SSSR count). The summed E-state index contributed by atoms with van der Waals surface area (Å²) in [6.45, 7) is 8.95. The third-order valence-electron chi connectivity index (χ3n) is 5.34. The van der Waals surface area contributed by atoms with Crippen LogP contribution in [0.1, 0.15) is 49.9 Å². The van der Waals surface area contributed by atoms with E-state index in [1.54, 1.807) is 6.07 Å². The number of phenolic OH excluding ortho intramolecular Hbond substituents is 1. The fraction of sp³-hybridized carbons (Fsp3) is 0.250. The molecule has 1 nitrogen and oxygen atoms in total. The summed E-state index contributed by atoms with van der Waals surface area (Å²) >= 11 is 0. The van der Waals surface area contributed by atoms with Gasteiger partial charge in [-0.15, -0.1) is 0 Å². The molecule has 0 unspecified atom stereocenters. The van der Waals surface area contributed by atoms with Crippen LogP contribution in [-0.2, 0) is 10.8 Å². The minimum Gasteiger partial charge on any atom is -0.508 e. The minimum atomic E-state index is -0.207. The molecule has 1 heteroatoms. The summed E-state index contributed by atoms with van der Waals surface area (Å²) in [5.74, 6) is 0.312. The first-order valence-electron chi connectivity index (χ1n) is 8.78. The highest BCUT2D eigenvalue weighted by Crippen LogP contribution is 2.42. The molecule has 0 aliphatic heterocycles. The van der Waals surface area contributed by atoms with Gasteiger partial charge >= 0.3 is 0 Å². The van der Waals surface area contributed by atoms with Crippen molar-refractivity contribution in [2.24, 2.45) is 0 Å². The quantitative estimate of drug-likeness (QED) is 0.618. The Morgan fingerprint density at radius 3 is 1.48 bits per heavy atom. The number of rotatable bonds is 4. The summed E-state index contributed by atoms with van der Waals surface area (Å²) in [4.78, 5) is 0. The Morgan fingerprint density at radius 2 is 1.00 bits per heavy atom. The average Bonchev–Trinajstić information content (AvgIpc) is 2.63. The zero-order valence-corrected chi connectivity index (χ0v) is 15.5. The van der Waals surface area contributed by atoms with E-state index in [2.05, 4.69) is 82.3 Å². The molecule has 3 aromatic rings. The second-order valence-electron chi connectivity index (χ2n) is 7.71. The molecule has 0 fully saturated rings. The molecule has 0 bridgehead atoms. The Hall–Kier alpha value is -2.54. The second kappa shape index (κ2) is 6.40. The van der Waals surface area contributed by atoms with Crippen LogP contribution in [0, 0.1) is 0 Å². The van der Waals surface area contributed by atoms with Crippen LogP contribution in [-0.4, -0.2) is 5.11 Å². The van der Waals surface area contributed by atoms with Crippen molar-refractivity contribution in [3.05, 3.63) is 101 Å². The molecular formula is C24H26O.